The first-order valence-electron chi connectivity index (χ1n) is 12.6. The number of hydrogen-bond acceptors (Lipinski definition) is 10. The van der Waals surface area contributed by atoms with Crippen molar-refractivity contribution in [2.75, 3.05) is 23.3 Å². The van der Waals surface area contributed by atoms with Crippen LogP contribution in [0, 0.1) is 18.8 Å². The van der Waals surface area contributed by atoms with Crippen LogP contribution in [0.25, 0.3) is 0 Å². The topological polar surface area (TPSA) is 160 Å². The van der Waals surface area contributed by atoms with Crippen molar-refractivity contribution in [2.24, 2.45) is 11.8 Å². The fourth-order valence-corrected chi connectivity index (χ4v) is 5.86. The maximum Gasteiger partial charge on any atom is 1.00 e. The Morgan fingerprint density at radius 3 is 2.42 bits per heavy atom. The molecule has 0 radical (unpaired) electrons. The summed E-state index contributed by atoms with van der Waals surface area (Å²) in [4.78, 5) is 54.3. The van der Waals surface area contributed by atoms with Crippen molar-refractivity contribution >= 4 is 43.9 Å². The number of fused-ring (bicyclic) bond motifs is 1. The molecule has 1 aliphatic heterocycles. The van der Waals surface area contributed by atoms with E-state index in [1.165, 1.54) is 6.42 Å². The van der Waals surface area contributed by atoms with E-state index in [0.29, 0.717) is 54.6 Å². The van der Waals surface area contributed by atoms with Crippen molar-refractivity contribution in [3.05, 3.63) is 46.1 Å². The Labute approximate surface area is 283 Å². The van der Waals surface area contributed by atoms with Gasteiger partial charge in [0.15, 0.2) is 0 Å². The van der Waals surface area contributed by atoms with Crippen LogP contribution >= 0.6 is 19.4 Å². The van der Waals surface area contributed by atoms with Crippen LogP contribution in [0.15, 0.2) is 24.4 Å². The molecule has 1 aromatic heterocycles. The number of nitrogens with zero attached hydrogens (tertiary/aromatic N) is 3. The van der Waals surface area contributed by atoms with Gasteiger partial charge in [-0.3, -0.25) is 4.79 Å². The SMILES string of the molecule is C=O.Cc1ccc(CNc2nc(N3CC4CC4C3)ncc2C(=O)NC2CCC(OP(=O)([O-])[O-])CC2)cc1Cl.[Na+].[Na+]. The Morgan fingerprint density at radius 2 is 1.82 bits per heavy atom. The number of anilines is 2. The van der Waals surface area contributed by atoms with Gasteiger partial charge in [0.2, 0.25) is 5.95 Å². The molecule has 1 aromatic carbocycles. The standard InChI is InChI=1S/C24H31ClN5O5P.CH2O.2Na/c1-14-2-3-15(8-21(14)25)10-26-22-20(11-27-24(29-22)30-12-16-9-17(16)13-30)23(31)28-18-4-6-19(7-5-18)35-36(32,33)34;1-2;;/h2-3,8,11,16-19H,4-7,9-10,12-13H2,1H3,(H,28,31)(H,26,27,29)(H2,32,33,34);1H2;;/q;;2*+1/p-2. The molecule has 2 unspecified atom stereocenters. The Balaban J connectivity index is 0.00000137. The zero-order valence-corrected chi connectivity index (χ0v) is 28.7. The molecule has 2 atom stereocenters. The Morgan fingerprint density at radius 1 is 1.18 bits per heavy atom. The second kappa shape index (κ2) is 15.8. The fraction of sp³-hybridized carbons (Fsp3) is 0.520. The summed E-state index contributed by atoms with van der Waals surface area (Å²) in [6.45, 7) is 6.26. The van der Waals surface area contributed by atoms with Crippen molar-refractivity contribution < 1.29 is 87.6 Å². The predicted molar refractivity (Wildman–Crippen MR) is 139 cm³/mol. The van der Waals surface area contributed by atoms with Crippen molar-refractivity contribution in [1.29, 1.82) is 0 Å². The van der Waals surface area contributed by atoms with E-state index in [0.717, 1.165) is 36.1 Å². The second-order valence-electron chi connectivity index (χ2n) is 10.0. The summed E-state index contributed by atoms with van der Waals surface area (Å²) in [7, 11) is -5.01. The molecule has 5 rings (SSSR count). The molecular weight excluding hydrogens is 579 g/mol. The number of carbonyl (C=O) groups is 2. The van der Waals surface area contributed by atoms with Crippen LogP contribution in [0.5, 0.6) is 0 Å². The van der Waals surface area contributed by atoms with E-state index in [-0.39, 0.29) is 71.1 Å². The third-order valence-electron chi connectivity index (χ3n) is 7.27. The van der Waals surface area contributed by atoms with Crippen LogP contribution in [-0.4, -0.2) is 47.9 Å². The first-order valence-corrected chi connectivity index (χ1v) is 14.4. The maximum atomic E-state index is 13.2. The summed E-state index contributed by atoms with van der Waals surface area (Å²) in [6.07, 6.45) is 3.98. The molecule has 1 saturated heterocycles. The van der Waals surface area contributed by atoms with Crippen LogP contribution in [0.3, 0.4) is 0 Å². The van der Waals surface area contributed by atoms with Crippen molar-refractivity contribution in [3.8, 4) is 0 Å². The third kappa shape index (κ3) is 9.74. The number of phosphoric acid groups is 1. The van der Waals surface area contributed by atoms with Gasteiger partial charge in [-0.05, 0) is 68.1 Å². The largest absolute Gasteiger partial charge is 1.00 e. The smallest absolute Gasteiger partial charge is 0.790 e. The number of phosphoric ester groups is 1. The minimum absolute atomic E-state index is 0. The van der Waals surface area contributed by atoms with Gasteiger partial charge in [0.25, 0.3) is 5.91 Å². The number of benzene rings is 1. The molecule has 2 aliphatic carbocycles. The number of aryl methyl sites for hydroxylation is 1. The minimum atomic E-state index is -5.01. The number of carbonyl (C=O) groups excluding carboxylic acids is 2. The third-order valence-corrected chi connectivity index (χ3v) is 8.23. The summed E-state index contributed by atoms with van der Waals surface area (Å²) in [5.41, 5.74) is 2.29. The van der Waals surface area contributed by atoms with Crippen molar-refractivity contribution in [3.63, 3.8) is 0 Å². The van der Waals surface area contributed by atoms with E-state index in [1.54, 1.807) is 6.20 Å². The molecular formula is C25H31ClN5Na2O6P. The maximum absolute atomic E-state index is 13.2. The minimum Gasteiger partial charge on any atom is -0.790 e. The number of halogens is 1. The molecule has 0 bridgehead atoms. The fourth-order valence-electron chi connectivity index (χ4n) is 5.08. The summed E-state index contributed by atoms with van der Waals surface area (Å²) < 4.78 is 15.5. The normalized spacial score (nSPS) is 22.9. The first-order chi connectivity index (χ1) is 18.1. The summed E-state index contributed by atoms with van der Waals surface area (Å²) in [5, 5.41) is 6.98. The Hall–Kier alpha value is -0.560. The zero-order valence-electron chi connectivity index (χ0n) is 23.1. The van der Waals surface area contributed by atoms with Crippen molar-refractivity contribution in [2.45, 2.75) is 57.7 Å². The van der Waals surface area contributed by atoms with Gasteiger partial charge in [0.05, 0.1) is 13.9 Å². The molecule has 11 nitrogen and oxygen atoms in total. The number of nitrogens with one attached hydrogen (secondary N) is 2. The summed E-state index contributed by atoms with van der Waals surface area (Å²) in [5.74, 6) is 2.20. The number of aromatic nitrogens is 2. The van der Waals surface area contributed by atoms with Gasteiger partial charge in [0, 0.05) is 36.9 Å². The van der Waals surface area contributed by atoms with Crippen LogP contribution in [-0.2, 0) is 20.4 Å². The van der Waals surface area contributed by atoms with Gasteiger partial charge in [-0.2, -0.15) is 4.98 Å². The van der Waals surface area contributed by atoms with E-state index in [1.807, 2.05) is 31.9 Å². The molecule has 2 saturated carbocycles. The number of piperidine rings is 1. The molecule has 3 aliphatic rings. The number of hydrogen-bond donors (Lipinski definition) is 2. The van der Waals surface area contributed by atoms with E-state index >= 15 is 0 Å². The predicted octanol–water partition coefficient (Wildman–Crippen LogP) is -3.78. The molecule has 15 heteroatoms. The molecule has 3 fully saturated rings. The molecule has 0 spiro atoms. The number of rotatable bonds is 8. The van der Waals surface area contributed by atoms with Crippen LogP contribution < -0.4 is 84.4 Å². The zero-order chi connectivity index (χ0) is 27.4. The molecule has 2 aromatic rings. The van der Waals surface area contributed by atoms with Crippen LogP contribution in [0.2, 0.25) is 5.02 Å². The average molecular weight is 610 g/mol. The van der Waals surface area contributed by atoms with Gasteiger partial charge in [-0.25, -0.2) is 4.98 Å². The summed E-state index contributed by atoms with van der Waals surface area (Å²) in [6, 6.07) is 5.66. The average Bonchev–Trinajstić information content (AvgIpc) is 3.50. The Bertz CT molecular complexity index is 1210. The summed E-state index contributed by atoms with van der Waals surface area (Å²) >= 11 is 6.28. The van der Waals surface area contributed by atoms with Crippen LogP contribution in [0.1, 0.15) is 53.6 Å². The van der Waals surface area contributed by atoms with Gasteiger partial charge in [-0.15, -0.1) is 0 Å². The Kier molecular flexibility index (Phi) is 14.1. The van der Waals surface area contributed by atoms with E-state index in [2.05, 4.69) is 25.0 Å². The second-order valence-corrected chi connectivity index (χ2v) is 11.5. The number of amides is 1. The van der Waals surface area contributed by atoms with Gasteiger partial charge < -0.3 is 39.2 Å². The molecule has 206 valence electrons. The van der Waals surface area contributed by atoms with Gasteiger partial charge in [-0.1, -0.05) is 23.7 Å². The quantitative estimate of drug-likeness (QED) is 0.225. The molecule has 2 heterocycles. The molecule has 1 amide bonds. The monoisotopic (exact) mass is 609 g/mol. The van der Waals surface area contributed by atoms with E-state index in [9.17, 15) is 19.1 Å². The van der Waals surface area contributed by atoms with E-state index < -0.39 is 13.9 Å². The van der Waals surface area contributed by atoms with E-state index in [4.69, 9.17) is 21.4 Å². The van der Waals surface area contributed by atoms with Gasteiger partial charge in [0.1, 0.15) is 18.2 Å². The first kappa shape index (κ1) is 35.6. The van der Waals surface area contributed by atoms with Crippen LogP contribution in [0.4, 0.5) is 11.8 Å². The molecule has 2 N–H and O–H groups in total. The van der Waals surface area contributed by atoms with Crippen molar-refractivity contribution in [1.82, 2.24) is 15.3 Å². The molecule has 40 heavy (non-hydrogen) atoms. The van der Waals surface area contributed by atoms with Gasteiger partial charge >= 0.3 is 59.1 Å².